The second-order valence-electron chi connectivity index (χ2n) is 4.71. The third-order valence-corrected chi connectivity index (χ3v) is 4.22. The van der Waals surface area contributed by atoms with Crippen molar-refractivity contribution in [3.63, 3.8) is 0 Å². The van der Waals surface area contributed by atoms with Gasteiger partial charge in [0.15, 0.2) is 0 Å². The van der Waals surface area contributed by atoms with E-state index in [1.807, 2.05) is 13.8 Å². The summed E-state index contributed by atoms with van der Waals surface area (Å²) in [7, 11) is 0.627. The molecule has 1 aromatic carbocycles. The van der Waals surface area contributed by atoms with E-state index < -0.39 is 37.1 Å². The van der Waals surface area contributed by atoms with Crippen molar-refractivity contribution in [2.45, 2.75) is 31.7 Å². The number of amides is 1. The van der Waals surface area contributed by atoms with Crippen molar-refractivity contribution >= 4 is 25.6 Å². The number of halogens is 3. The summed E-state index contributed by atoms with van der Waals surface area (Å²) in [6, 6.07) is 0.655. The number of carbonyl (C=O) groups is 1. The summed E-state index contributed by atoms with van der Waals surface area (Å²) in [6.07, 6.45) is 0. The first kappa shape index (κ1) is 16.8. The molecule has 0 fully saturated rings. The van der Waals surface area contributed by atoms with Gasteiger partial charge in [-0.3, -0.25) is 4.79 Å². The van der Waals surface area contributed by atoms with Crippen LogP contribution in [0.1, 0.15) is 31.1 Å². The Hall–Kier alpha value is -1.21. The molecule has 0 aliphatic rings. The molecule has 1 atom stereocenters. The predicted molar refractivity (Wildman–Crippen MR) is 71.2 cm³/mol. The largest absolute Gasteiger partial charge is 0.349 e. The lowest BCUT2D eigenvalue weighted by Crippen LogP contribution is -2.36. The van der Waals surface area contributed by atoms with Gasteiger partial charge in [0.25, 0.3) is 15.0 Å². The minimum Gasteiger partial charge on any atom is -0.349 e. The van der Waals surface area contributed by atoms with Gasteiger partial charge in [-0.1, -0.05) is 13.8 Å². The highest BCUT2D eigenvalue weighted by Gasteiger charge is 2.23. The zero-order valence-corrected chi connectivity index (χ0v) is 12.6. The van der Waals surface area contributed by atoms with E-state index >= 15 is 0 Å². The minimum absolute atomic E-state index is 0.0960. The van der Waals surface area contributed by atoms with Crippen molar-refractivity contribution < 1.29 is 22.0 Å². The van der Waals surface area contributed by atoms with E-state index in [9.17, 15) is 22.0 Å². The maximum atomic E-state index is 13.6. The summed E-state index contributed by atoms with van der Waals surface area (Å²) >= 11 is 0. The fourth-order valence-corrected chi connectivity index (χ4v) is 2.25. The zero-order chi connectivity index (χ0) is 15.7. The Morgan fingerprint density at radius 3 is 2.20 bits per heavy atom. The van der Waals surface area contributed by atoms with Gasteiger partial charge in [-0.05, 0) is 18.9 Å². The van der Waals surface area contributed by atoms with Gasteiger partial charge in [-0.15, -0.1) is 0 Å². The molecule has 0 aliphatic carbocycles. The number of benzene rings is 1. The molecular formula is C12H14ClF2NO3S. The maximum Gasteiger partial charge on any atom is 0.264 e. The quantitative estimate of drug-likeness (QED) is 0.866. The summed E-state index contributed by atoms with van der Waals surface area (Å²) in [5, 5.41) is 2.50. The Morgan fingerprint density at radius 2 is 1.75 bits per heavy atom. The highest BCUT2D eigenvalue weighted by molar-refractivity contribution is 8.13. The van der Waals surface area contributed by atoms with Crippen LogP contribution >= 0.6 is 10.7 Å². The molecule has 0 heterocycles. The third-order valence-electron chi connectivity index (χ3n) is 2.89. The van der Waals surface area contributed by atoms with Gasteiger partial charge < -0.3 is 5.32 Å². The van der Waals surface area contributed by atoms with E-state index in [1.54, 1.807) is 6.92 Å². The molecule has 8 heteroatoms. The molecule has 1 rings (SSSR count). The predicted octanol–water partition coefficient (Wildman–Crippen LogP) is 2.67. The monoisotopic (exact) mass is 325 g/mol. The summed E-state index contributed by atoms with van der Waals surface area (Å²) in [4.78, 5) is 10.9. The molecule has 0 bridgehead atoms. The van der Waals surface area contributed by atoms with Crippen molar-refractivity contribution in [3.05, 3.63) is 29.3 Å². The Labute approximate surface area is 120 Å². The lowest BCUT2D eigenvalue weighted by atomic mass is 10.1. The number of carbonyl (C=O) groups excluding carboxylic acids is 1. The summed E-state index contributed by atoms with van der Waals surface area (Å²) < 4.78 is 49.2. The molecule has 0 saturated heterocycles. The van der Waals surface area contributed by atoms with Crippen molar-refractivity contribution in [1.29, 1.82) is 0 Å². The Balaban J connectivity index is 3.22. The molecule has 1 N–H and O–H groups in total. The minimum atomic E-state index is -4.40. The van der Waals surface area contributed by atoms with E-state index in [4.69, 9.17) is 10.7 Å². The molecule has 1 amide bonds. The van der Waals surface area contributed by atoms with Crippen LogP contribution in [0.2, 0.25) is 0 Å². The first-order valence-corrected chi connectivity index (χ1v) is 8.09. The highest BCUT2D eigenvalue weighted by atomic mass is 35.7. The van der Waals surface area contributed by atoms with E-state index in [-0.39, 0.29) is 12.0 Å². The average molecular weight is 326 g/mol. The van der Waals surface area contributed by atoms with Crippen LogP contribution in [0.3, 0.4) is 0 Å². The van der Waals surface area contributed by atoms with Gasteiger partial charge in [-0.2, -0.15) is 0 Å². The maximum absolute atomic E-state index is 13.6. The van der Waals surface area contributed by atoms with Crippen molar-refractivity contribution in [1.82, 2.24) is 5.32 Å². The molecule has 1 unspecified atom stereocenters. The molecule has 112 valence electrons. The van der Waals surface area contributed by atoms with E-state index in [2.05, 4.69) is 5.32 Å². The van der Waals surface area contributed by atoms with Crippen molar-refractivity contribution in [2.75, 3.05) is 0 Å². The first-order valence-electron chi connectivity index (χ1n) is 5.78. The van der Waals surface area contributed by atoms with Gasteiger partial charge in [0.05, 0.1) is 5.56 Å². The van der Waals surface area contributed by atoms with Gasteiger partial charge in [0, 0.05) is 22.8 Å². The molecule has 4 nitrogen and oxygen atoms in total. The lowest BCUT2D eigenvalue weighted by Gasteiger charge is -2.17. The smallest absolute Gasteiger partial charge is 0.264 e. The molecule has 0 saturated carbocycles. The van der Waals surface area contributed by atoms with Crippen LogP contribution in [-0.4, -0.2) is 20.4 Å². The van der Waals surface area contributed by atoms with Crippen LogP contribution in [0.25, 0.3) is 0 Å². The summed E-state index contributed by atoms with van der Waals surface area (Å²) in [5.74, 6) is -3.23. The Kier molecular flexibility index (Phi) is 5.10. The van der Waals surface area contributed by atoms with Crippen LogP contribution in [0, 0.1) is 17.6 Å². The molecule has 1 aromatic rings. The number of hydrogen-bond donors (Lipinski definition) is 1. The third kappa shape index (κ3) is 3.89. The molecule has 0 aromatic heterocycles. The van der Waals surface area contributed by atoms with Crippen LogP contribution < -0.4 is 5.32 Å². The van der Waals surface area contributed by atoms with Gasteiger partial charge in [0.2, 0.25) is 0 Å². The lowest BCUT2D eigenvalue weighted by molar-refractivity contribution is 0.0926. The molecule has 0 aliphatic heterocycles. The van der Waals surface area contributed by atoms with Crippen LogP contribution in [0.15, 0.2) is 17.0 Å². The average Bonchev–Trinajstić information content (AvgIpc) is 2.26. The summed E-state index contributed by atoms with van der Waals surface area (Å²) in [6.45, 7) is 5.41. The highest BCUT2D eigenvalue weighted by Crippen LogP contribution is 2.22. The van der Waals surface area contributed by atoms with E-state index in [0.29, 0.717) is 12.1 Å². The molecule has 0 radical (unpaired) electrons. The zero-order valence-electron chi connectivity index (χ0n) is 11.1. The molecule has 0 spiro atoms. The summed E-state index contributed by atoms with van der Waals surface area (Å²) in [5.41, 5.74) is -0.571. The van der Waals surface area contributed by atoms with Crippen molar-refractivity contribution in [2.24, 2.45) is 5.92 Å². The number of rotatable bonds is 4. The van der Waals surface area contributed by atoms with Crippen LogP contribution in [0.4, 0.5) is 8.78 Å². The topological polar surface area (TPSA) is 63.2 Å². The van der Waals surface area contributed by atoms with Crippen molar-refractivity contribution in [3.8, 4) is 0 Å². The van der Waals surface area contributed by atoms with E-state index in [1.165, 1.54) is 0 Å². The number of nitrogens with one attached hydrogen (secondary N) is 1. The number of hydrogen-bond acceptors (Lipinski definition) is 3. The fourth-order valence-electron chi connectivity index (χ4n) is 1.34. The molecule has 20 heavy (non-hydrogen) atoms. The normalized spacial score (nSPS) is 13.3. The van der Waals surface area contributed by atoms with Crippen LogP contribution in [0.5, 0.6) is 0 Å². The van der Waals surface area contributed by atoms with Gasteiger partial charge >= 0.3 is 0 Å². The van der Waals surface area contributed by atoms with E-state index in [0.717, 1.165) is 0 Å². The molecular weight excluding hydrogens is 312 g/mol. The Bertz CT molecular complexity index is 632. The standard InChI is InChI=1S/C12H14ClF2NO3S/c1-6(2)7(3)16-12(17)8-4-11(20(13,18)19)10(15)5-9(8)14/h4-7H,1-3H3,(H,16,17). The van der Waals surface area contributed by atoms with Gasteiger partial charge in [0.1, 0.15) is 16.5 Å². The fraction of sp³-hybridized carbons (Fsp3) is 0.417. The SMILES string of the molecule is CC(C)C(C)NC(=O)c1cc(S(=O)(=O)Cl)c(F)cc1F. The Morgan fingerprint density at radius 1 is 1.20 bits per heavy atom. The first-order chi connectivity index (χ1) is 9.04. The van der Waals surface area contributed by atoms with Crippen LogP contribution in [-0.2, 0) is 9.05 Å². The second-order valence-corrected chi connectivity index (χ2v) is 7.24. The second kappa shape index (κ2) is 6.05. The van der Waals surface area contributed by atoms with Gasteiger partial charge in [-0.25, -0.2) is 17.2 Å².